The van der Waals surface area contributed by atoms with Gasteiger partial charge in [0.05, 0.1) is 16.6 Å². The van der Waals surface area contributed by atoms with Crippen LogP contribution < -0.4 is 5.63 Å². The highest BCUT2D eigenvalue weighted by Gasteiger charge is 2.24. The Labute approximate surface area is 173 Å². The Hall–Kier alpha value is -3.44. The maximum Gasteiger partial charge on any atom is 0.346 e. The van der Waals surface area contributed by atoms with Crippen molar-refractivity contribution >= 4 is 43.6 Å². The van der Waals surface area contributed by atoms with E-state index in [1.54, 1.807) is 18.2 Å². The van der Waals surface area contributed by atoms with Crippen LogP contribution in [0.25, 0.3) is 33.0 Å². The molecule has 3 aromatic carbocycles. The number of carbonyl (C=O) groups is 1. The largest absolute Gasteiger partial charge is 0.422 e. The van der Waals surface area contributed by atoms with Crippen molar-refractivity contribution in [1.82, 2.24) is 4.98 Å². The lowest BCUT2D eigenvalue weighted by Gasteiger charge is -2.05. The van der Waals surface area contributed by atoms with Gasteiger partial charge in [-0.25, -0.2) is 4.79 Å². The average Bonchev–Trinajstić information content (AvgIpc) is 3.16. The van der Waals surface area contributed by atoms with Gasteiger partial charge in [-0.1, -0.05) is 58.4 Å². The first-order valence-corrected chi connectivity index (χ1v) is 9.86. The Bertz CT molecular complexity index is 1430. The second-order valence-corrected chi connectivity index (χ2v) is 7.63. The highest BCUT2D eigenvalue weighted by Crippen LogP contribution is 2.35. The fourth-order valence-electron chi connectivity index (χ4n) is 3.63. The van der Waals surface area contributed by atoms with Crippen molar-refractivity contribution in [3.05, 3.63) is 105 Å². The first kappa shape index (κ1) is 17.6. The number of nitrogens with one attached hydrogen (secondary N) is 1. The van der Waals surface area contributed by atoms with Gasteiger partial charge in [-0.2, -0.15) is 0 Å². The standard InChI is InChI=1S/C24H14BrNO3/c25-16-12-10-15(11-13-16)23(27)22-19(14-6-2-1-3-7-14)20-21(26-22)17-8-4-5-9-18(17)29-24(20)28/h1-13,26H. The highest BCUT2D eigenvalue weighted by atomic mass is 79.9. The summed E-state index contributed by atoms with van der Waals surface area (Å²) in [6.07, 6.45) is 0. The Morgan fingerprint density at radius 3 is 2.31 bits per heavy atom. The van der Waals surface area contributed by atoms with E-state index < -0.39 is 5.63 Å². The van der Waals surface area contributed by atoms with Crippen LogP contribution in [0.4, 0.5) is 0 Å². The van der Waals surface area contributed by atoms with E-state index in [9.17, 15) is 9.59 Å². The fourth-order valence-corrected chi connectivity index (χ4v) is 3.89. The molecule has 0 atom stereocenters. The third kappa shape index (κ3) is 2.91. The zero-order chi connectivity index (χ0) is 20.0. The number of benzene rings is 3. The smallest absolute Gasteiger partial charge is 0.346 e. The zero-order valence-electron chi connectivity index (χ0n) is 15.1. The lowest BCUT2D eigenvalue weighted by molar-refractivity contribution is 0.103. The Kier molecular flexibility index (Phi) is 4.18. The molecule has 0 aliphatic rings. The van der Waals surface area contributed by atoms with Gasteiger partial charge in [0.1, 0.15) is 5.58 Å². The van der Waals surface area contributed by atoms with Crippen LogP contribution in [0.1, 0.15) is 16.1 Å². The molecular weight excluding hydrogens is 430 g/mol. The van der Waals surface area contributed by atoms with Crippen LogP contribution in [-0.2, 0) is 0 Å². The maximum absolute atomic E-state index is 13.4. The van der Waals surface area contributed by atoms with Gasteiger partial charge in [0.2, 0.25) is 5.78 Å². The first-order valence-electron chi connectivity index (χ1n) is 9.06. The molecule has 0 radical (unpaired) electrons. The van der Waals surface area contributed by atoms with Gasteiger partial charge < -0.3 is 9.40 Å². The predicted molar refractivity (Wildman–Crippen MR) is 117 cm³/mol. The summed E-state index contributed by atoms with van der Waals surface area (Å²) in [5.41, 5.74) is 2.87. The van der Waals surface area contributed by atoms with Gasteiger partial charge in [0.25, 0.3) is 0 Å². The summed E-state index contributed by atoms with van der Waals surface area (Å²) in [4.78, 5) is 29.5. The molecule has 5 heteroatoms. The number of ketones is 1. The van der Waals surface area contributed by atoms with Crippen molar-refractivity contribution in [2.45, 2.75) is 0 Å². The third-order valence-electron chi connectivity index (χ3n) is 4.96. The number of aromatic nitrogens is 1. The van der Waals surface area contributed by atoms with Crippen molar-refractivity contribution in [3.63, 3.8) is 0 Å². The van der Waals surface area contributed by atoms with Crippen molar-refractivity contribution in [2.75, 3.05) is 0 Å². The van der Waals surface area contributed by atoms with E-state index in [4.69, 9.17) is 4.42 Å². The lowest BCUT2D eigenvalue weighted by Crippen LogP contribution is -2.04. The minimum absolute atomic E-state index is 0.184. The normalized spacial score (nSPS) is 11.2. The van der Waals surface area contributed by atoms with Crippen LogP contribution in [0.3, 0.4) is 0 Å². The third-order valence-corrected chi connectivity index (χ3v) is 5.49. The van der Waals surface area contributed by atoms with Crippen molar-refractivity contribution in [1.29, 1.82) is 0 Å². The highest BCUT2D eigenvalue weighted by molar-refractivity contribution is 9.10. The monoisotopic (exact) mass is 443 g/mol. The minimum Gasteiger partial charge on any atom is -0.422 e. The Balaban J connectivity index is 1.89. The van der Waals surface area contributed by atoms with Gasteiger partial charge in [0.15, 0.2) is 0 Å². The van der Waals surface area contributed by atoms with Crippen LogP contribution in [0.2, 0.25) is 0 Å². The van der Waals surface area contributed by atoms with Gasteiger partial charge in [-0.3, -0.25) is 4.79 Å². The second-order valence-electron chi connectivity index (χ2n) is 6.71. The zero-order valence-corrected chi connectivity index (χ0v) is 16.7. The number of H-pyrrole nitrogens is 1. The molecule has 0 unspecified atom stereocenters. The number of hydrogen-bond acceptors (Lipinski definition) is 3. The minimum atomic E-state index is -0.469. The summed E-state index contributed by atoms with van der Waals surface area (Å²) in [6.45, 7) is 0. The molecule has 0 amide bonds. The second kappa shape index (κ2) is 6.87. The van der Waals surface area contributed by atoms with Gasteiger partial charge >= 0.3 is 5.63 Å². The molecule has 4 nitrogen and oxygen atoms in total. The Morgan fingerprint density at radius 2 is 1.55 bits per heavy atom. The predicted octanol–water partition coefficient (Wildman–Crippen LogP) is 5.93. The van der Waals surface area contributed by atoms with E-state index in [1.807, 2.05) is 60.7 Å². The number of rotatable bonds is 3. The SMILES string of the molecule is O=C(c1ccc(Br)cc1)c1[nH]c2c(c1-c1ccccc1)c(=O)oc1ccccc12. The molecule has 5 rings (SSSR count). The summed E-state index contributed by atoms with van der Waals surface area (Å²) in [6, 6.07) is 23.9. The molecule has 2 aromatic heterocycles. The molecule has 1 N–H and O–H groups in total. The Morgan fingerprint density at radius 1 is 0.862 bits per heavy atom. The van der Waals surface area contributed by atoms with Crippen molar-refractivity contribution in [3.8, 4) is 11.1 Å². The molecular formula is C24H14BrNO3. The maximum atomic E-state index is 13.4. The van der Waals surface area contributed by atoms with Gasteiger partial charge in [-0.15, -0.1) is 0 Å². The molecule has 0 saturated heterocycles. The fraction of sp³-hybridized carbons (Fsp3) is 0. The van der Waals surface area contributed by atoms with Crippen molar-refractivity contribution in [2.24, 2.45) is 0 Å². The van der Waals surface area contributed by atoms with Gasteiger partial charge in [-0.05, 0) is 42.0 Å². The van der Waals surface area contributed by atoms with E-state index in [1.165, 1.54) is 0 Å². The topological polar surface area (TPSA) is 63.1 Å². The number of hydrogen-bond donors (Lipinski definition) is 1. The molecule has 5 aromatic rings. The summed E-state index contributed by atoms with van der Waals surface area (Å²) < 4.78 is 6.45. The van der Waals surface area contributed by atoms with Crippen LogP contribution in [0.15, 0.2) is 92.5 Å². The quantitative estimate of drug-likeness (QED) is 0.277. The molecule has 0 aliphatic carbocycles. The van der Waals surface area contributed by atoms with E-state index >= 15 is 0 Å². The van der Waals surface area contributed by atoms with Crippen molar-refractivity contribution < 1.29 is 9.21 Å². The summed E-state index contributed by atoms with van der Waals surface area (Å²) in [5, 5.41) is 1.14. The molecule has 140 valence electrons. The van der Waals surface area contributed by atoms with E-state index in [-0.39, 0.29) is 5.78 Å². The molecule has 29 heavy (non-hydrogen) atoms. The lowest BCUT2D eigenvalue weighted by atomic mass is 9.98. The molecule has 0 fully saturated rings. The van der Waals surface area contributed by atoms with Crippen LogP contribution in [0.5, 0.6) is 0 Å². The van der Waals surface area contributed by atoms with Crippen LogP contribution >= 0.6 is 15.9 Å². The molecule has 0 saturated carbocycles. The summed E-state index contributed by atoms with van der Waals surface area (Å²) >= 11 is 3.39. The van der Waals surface area contributed by atoms with E-state index in [2.05, 4.69) is 20.9 Å². The first-order chi connectivity index (χ1) is 14.1. The number of halogens is 1. The van der Waals surface area contributed by atoms with E-state index in [0.717, 1.165) is 15.4 Å². The summed E-state index contributed by atoms with van der Waals surface area (Å²) in [7, 11) is 0. The number of fused-ring (bicyclic) bond motifs is 3. The molecule has 0 bridgehead atoms. The van der Waals surface area contributed by atoms with E-state index in [0.29, 0.717) is 33.3 Å². The summed E-state index contributed by atoms with van der Waals surface area (Å²) in [5.74, 6) is -0.184. The molecule has 0 aliphatic heterocycles. The number of aromatic amines is 1. The number of para-hydroxylation sites is 1. The number of carbonyl (C=O) groups excluding carboxylic acids is 1. The molecule has 2 heterocycles. The molecule has 0 spiro atoms. The van der Waals surface area contributed by atoms with Crippen LogP contribution in [-0.4, -0.2) is 10.8 Å². The average molecular weight is 444 g/mol. The van der Waals surface area contributed by atoms with Crippen LogP contribution in [0, 0.1) is 0 Å². The van der Waals surface area contributed by atoms with Gasteiger partial charge in [0, 0.05) is 21.0 Å².